The van der Waals surface area contributed by atoms with Gasteiger partial charge in [-0.3, -0.25) is 10.1 Å². The number of ether oxygens (including phenoxy) is 1. The maximum Gasteiger partial charge on any atom is 0.411 e. The standard InChI is InChI=1S/C25H21FN2O6/c26-21-11-14(9-10-19(21)23(30)27-12-22(29)24(31)32)28-25(33)34-13-20-17-7-3-1-5-15(17)16-6-2-4-8-18(16)20/h1-11,20,22,29H,12-13H2,(H,27,30)(H,28,33)(H,31,32)/t22-/m0/s1. The smallest absolute Gasteiger partial charge is 0.411 e. The van der Waals surface area contributed by atoms with Gasteiger partial charge >= 0.3 is 12.1 Å². The Hall–Kier alpha value is -4.24. The van der Waals surface area contributed by atoms with E-state index in [4.69, 9.17) is 9.84 Å². The fraction of sp³-hybridized carbons (Fsp3) is 0.160. The van der Waals surface area contributed by atoms with Gasteiger partial charge < -0.3 is 20.3 Å². The number of amides is 2. The Morgan fingerprint density at radius 2 is 1.59 bits per heavy atom. The number of aliphatic hydroxyl groups excluding tert-OH is 1. The largest absolute Gasteiger partial charge is 0.479 e. The van der Waals surface area contributed by atoms with Gasteiger partial charge in [0.2, 0.25) is 0 Å². The predicted octanol–water partition coefficient (Wildman–Crippen LogP) is 3.36. The Balaban J connectivity index is 1.37. The molecule has 1 aliphatic carbocycles. The molecule has 1 aliphatic rings. The summed E-state index contributed by atoms with van der Waals surface area (Å²) in [5.74, 6) is -3.46. The van der Waals surface area contributed by atoms with Crippen LogP contribution in [0.3, 0.4) is 0 Å². The molecule has 174 valence electrons. The summed E-state index contributed by atoms with van der Waals surface area (Å²) in [5, 5.41) is 22.4. The molecular weight excluding hydrogens is 443 g/mol. The first-order valence-electron chi connectivity index (χ1n) is 10.5. The van der Waals surface area contributed by atoms with Gasteiger partial charge in [0.25, 0.3) is 5.91 Å². The van der Waals surface area contributed by atoms with Crippen molar-refractivity contribution in [3.8, 4) is 11.1 Å². The number of hydrogen-bond donors (Lipinski definition) is 4. The van der Waals surface area contributed by atoms with Gasteiger partial charge in [-0.25, -0.2) is 14.0 Å². The minimum Gasteiger partial charge on any atom is -0.479 e. The number of aliphatic carboxylic acids is 1. The van der Waals surface area contributed by atoms with Crippen LogP contribution in [0.2, 0.25) is 0 Å². The van der Waals surface area contributed by atoms with Crippen molar-refractivity contribution >= 4 is 23.7 Å². The maximum absolute atomic E-state index is 14.4. The lowest BCUT2D eigenvalue weighted by Crippen LogP contribution is -2.36. The Kier molecular flexibility index (Phi) is 6.55. The summed E-state index contributed by atoms with van der Waals surface area (Å²) in [5.41, 5.74) is 4.03. The zero-order valence-electron chi connectivity index (χ0n) is 17.8. The van der Waals surface area contributed by atoms with Gasteiger partial charge in [-0.15, -0.1) is 0 Å². The van der Waals surface area contributed by atoms with Crippen LogP contribution < -0.4 is 10.6 Å². The minimum atomic E-state index is -1.80. The van der Waals surface area contributed by atoms with Gasteiger partial charge in [-0.1, -0.05) is 48.5 Å². The molecule has 0 fully saturated rings. The average molecular weight is 464 g/mol. The van der Waals surface area contributed by atoms with Crippen molar-refractivity contribution < 1.29 is 33.7 Å². The number of halogens is 1. The van der Waals surface area contributed by atoms with Gasteiger partial charge in [0.1, 0.15) is 12.4 Å². The molecular formula is C25H21FN2O6. The number of carbonyl (C=O) groups excluding carboxylic acids is 2. The molecule has 4 rings (SSSR count). The van der Waals surface area contributed by atoms with Crippen LogP contribution in [-0.2, 0) is 9.53 Å². The second kappa shape index (κ2) is 9.72. The third-order valence-electron chi connectivity index (χ3n) is 5.54. The number of nitrogens with one attached hydrogen (secondary N) is 2. The van der Waals surface area contributed by atoms with Crippen LogP contribution >= 0.6 is 0 Å². The molecule has 1 atom stereocenters. The molecule has 9 heteroatoms. The van der Waals surface area contributed by atoms with E-state index >= 15 is 0 Å². The van der Waals surface area contributed by atoms with Crippen molar-refractivity contribution in [1.82, 2.24) is 5.32 Å². The first-order chi connectivity index (χ1) is 16.3. The molecule has 8 nitrogen and oxygen atoms in total. The minimum absolute atomic E-state index is 0.0804. The van der Waals surface area contributed by atoms with Crippen molar-refractivity contribution in [2.24, 2.45) is 0 Å². The fourth-order valence-corrected chi connectivity index (χ4v) is 3.90. The summed E-state index contributed by atoms with van der Waals surface area (Å²) < 4.78 is 19.8. The summed E-state index contributed by atoms with van der Waals surface area (Å²) in [6.07, 6.45) is -2.58. The van der Waals surface area contributed by atoms with Crippen LogP contribution in [-0.4, -0.2) is 47.4 Å². The van der Waals surface area contributed by atoms with Crippen LogP contribution in [0.4, 0.5) is 14.9 Å². The number of hydrogen-bond acceptors (Lipinski definition) is 5. The number of carbonyl (C=O) groups is 3. The number of aliphatic hydroxyl groups is 1. The highest BCUT2D eigenvalue weighted by molar-refractivity contribution is 5.95. The molecule has 0 radical (unpaired) electrons. The van der Waals surface area contributed by atoms with Crippen molar-refractivity contribution in [3.05, 3.63) is 89.2 Å². The predicted molar refractivity (Wildman–Crippen MR) is 121 cm³/mol. The number of carboxylic acids is 1. The maximum atomic E-state index is 14.4. The molecule has 0 unspecified atom stereocenters. The third kappa shape index (κ3) is 4.74. The van der Waals surface area contributed by atoms with E-state index < -0.39 is 36.4 Å². The van der Waals surface area contributed by atoms with Gasteiger partial charge in [-0.05, 0) is 40.5 Å². The highest BCUT2D eigenvalue weighted by atomic mass is 19.1. The Morgan fingerprint density at radius 3 is 2.18 bits per heavy atom. The van der Waals surface area contributed by atoms with Crippen LogP contribution in [0.5, 0.6) is 0 Å². The zero-order valence-corrected chi connectivity index (χ0v) is 17.8. The van der Waals surface area contributed by atoms with E-state index in [1.165, 1.54) is 6.07 Å². The number of carboxylic acid groups (broad SMARTS) is 1. The van der Waals surface area contributed by atoms with Gasteiger partial charge in [-0.2, -0.15) is 0 Å². The Labute approximate surface area is 194 Å². The Morgan fingerprint density at radius 1 is 0.971 bits per heavy atom. The normalized spacial score (nSPS) is 12.9. The molecule has 0 aromatic heterocycles. The van der Waals surface area contributed by atoms with E-state index in [2.05, 4.69) is 10.6 Å². The van der Waals surface area contributed by atoms with Gasteiger partial charge in [0.15, 0.2) is 6.10 Å². The summed E-state index contributed by atoms with van der Waals surface area (Å²) in [6, 6.07) is 19.2. The number of fused-ring (bicyclic) bond motifs is 3. The SMILES string of the molecule is O=C(Nc1ccc(C(=O)NC[C@H](O)C(=O)O)c(F)c1)OCC1c2ccccc2-c2ccccc21. The molecule has 0 saturated carbocycles. The first-order valence-corrected chi connectivity index (χ1v) is 10.5. The first kappa shape index (κ1) is 22.9. The topological polar surface area (TPSA) is 125 Å². The molecule has 4 N–H and O–H groups in total. The quantitative estimate of drug-likeness (QED) is 0.425. The van der Waals surface area contributed by atoms with E-state index in [0.29, 0.717) is 0 Å². The van der Waals surface area contributed by atoms with E-state index in [0.717, 1.165) is 34.4 Å². The van der Waals surface area contributed by atoms with Crippen molar-refractivity contribution in [1.29, 1.82) is 0 Å². The zero-order chi connectivity index (χ0) is 24.2. The van der Waals surface area contributed by atoms with Crippen LogP contribution in [0, 0.1) is 5.82 Å². The fourth-order valence-electron chi connectivity index (χ4n) is 3.90. The van der Waals surface area contributed by atoms with Gasteiger partial charge in [0.05, 0.1) is 12.1 Å². The molecule has 0 aliphatic heterocycles. The van der Waals surface area contributed by atoms with E-state index in [9.17, 15) is 23.9 Å². The lowest BCUT2D eigenvalue weighted by Gasteiger charge is -2.15. The van der Waals surface area contributed by atoms with E-state index in [1.54, 1.807) is 0 Å². The van der Waals surface area contributed by atoms with E-state index in [-0.39, 0.29) is 23.8 Å². The molecule has 34 heavy (non-hydrogen) atoms. The van der Waals surface area contributed by atoms with Crippen molar-refractivity contribution in [2.75, 3.05) is 18.5 Å². The molecule has 0 spiro atoms. The van der Waals surface area contributed by atoms with Crippen LogP contribution in [0.25, 0.3) is 11.1 Å². The number of rotatable bonds is 7. The van der Waals surface area contributed by atoms with Crippen molar-refractivity contribution in [2.45, 2.75) is 12.0 Å². The van der Waals surface area contributed by atoms with Crippen molar-refractivity contribution in [3.63, 3.8) is 0 Å². The molecule has 3 aromatic carbocycles. The summed E-state index contributed by atoms with van der Waals surface area (Å²) in [6.45, 7) is -0.484. The third-order valence-corrected chi connectivity index (χ3v) is 5.54. The van der Waals surface area contributed by atoms with E-state index in [1.807, 2.05) is 48.5 Å². The molecule has 0 bridgehead atoms. The van der Waals surface area contributed by atoms with Crippen LogP contribution in [0.15, 0.2) is 66.7 Å². The molecule has 2 amide bonds. The van der Waals surface area contributed by atoms with Gasteiger partial charge in [0, 0.05) is 11.6 Å². The average Bonchev–Trinajstić information content (AvgIpc) is 3.14. The summed E-state index contributed by atoms with van der Waals surface area (Å²) in [4.78, 5) is 34.9. The molecule has 0 heterocycles. The lowest BCUT2D eigenvalue weighted by atomic mass is 9.98. The second-order valence-electron chi connectivity index (χ2n) is 7.71. The highest BCUT2D eigenvalue weighted by Crippen LogP contribution is 2.44. The summed E-state index contributed by atoms with van der Waals surface area (Å²) in [7, 11) is 0. The summed E-state index contributed by atoms with van der Waals surface area (Å²) >= 11 is 0. The van der Waals surface area contributed by atoms with Crippen LogP contribution in [0.1, 0.15) is 27.4 Å². The highest BCUT2D eigenvalue weighted by Gasteiger charge is 2.29. The number of anilines is 1. The monoisotopic (exact) mass is 464 g/mol. The molecule has 0 saturated heterocycles. The lowest BCUT2D eigenvalue weighted by molar-refractivity contribution is -0.146. The molecule has 3 aromatic rings. The second-order valence-corrected chi connectivity index (χ2v) is 7.71. The Bertz CT molecular complexity index is 1220. The number of benzene rings is 3.